The van der Waals surface area contributed by atoms with Crippen LogP contribution in [0.25, 0.3) is 0 Å². The molecule has 1 aliphatic rings. The van der Waals surface area contributed by atoms with E-state index in [2.05, 4.69) is 17.0 Å². The first kappa shape index (κ1) is 12.4. The molecule has 1 aromatic rings. The second-order valence-corrected chi connectivity index (χ2v) is 4.90. The van der Waals surface area contributed by atoms with Crippen molar-refractivity contribution in [3.8, 4) is 0 Å². The molecule has 0 aromatic heterocycles. The van der Waals surface area contributed by atoms with Crippen LogP contribution in [0.2, 0.25) is 0 Å². The molecule has 17 heavy (non-hydrogen) atoms. The fourth-order valence-corrected chi connectivity index (χ4v) is 2.41. The lowest BCUT2D eigenvalue weighted by Gasteiger charge is -2.33. The van der Waals surface area contributed by atoms with Gasteiger partial charge in [-0.2, -0.15) is 0 Å². The summed E-state index contributed by atoms with van der Waals surface area (Å²) in [5, 5.41) is 18.7. The van der Waals surface area contributed by atoms with Crippen molar-refractivity contribution in [2.24, 2.45) is 5.92 Å². The van der Waals surface area contributed by atoms with Crippen LogP contribution in [-0.2, 0) is 0 Å². The van der Waals surface area contributed by atoms with Crippen molar-refractivity contribution >= 4 is 5.69 Å². The third-order valence-electron chi connectivity index (χ3n) is 3.52. The normalized spacial score (nSPS) is 22.5. The van der Waals surface area contributed by atoms with Crippen molar-refractivity contribution < 1.29 is 10.2 Å². The first-order valence-corrected chi connectivity index (χ1v) is 6.34. The molecule has 0 aliphatic carbocycles. The third kappa shape index (κ3) is 2.99. The lowest BCUT2D eigenvalue weighted by molar-refractivity contribution is 0.199. The summed E-state index contributed by atoms with van der Waals surface area (Å²) in [5.74, 6) is 0.403. The first-order valence-electron chi connectivity index (χ1n) is 6.34. The third-order valence-corrected chi connectivity index (χ3v) is 3.52. The van der Waals surface area contributed by atoms with Gasteiger partial charge < -0.3 is 15.1 Å². The number of hydrogen-bond acceptors (Lipinski definition) is 3. The average Bonchev–Trinajstić information content (AvgIpc) is 2.39. The molecule has 3 nitrogen and oxygen atoms in total. The summed E-state index contributed by atoms with van der Waals surface area (Å²) in [7, 11) is 0. The summed E-state index contributed by atoms with van der Waals surface area (Å²) in [6, 6.07) is 8.06. The Morgan fingerprint density at radius 2 is 2.06 bits per heavy atom. The molecular weight excluding hydrogens is 214 g/mol. The maximum Gasteiger partial charge on any atom is 0.0761 e. The van der Waals surface area contributed by atoms with Gasteiger partial charge in [0.15, 0.2) is 0 Å². The minimum absolute atomic E-state index is 0.280. The Hall–Kier alpha value is -1.06. The second kappa shape index (κ2) is 5.52. The van der Waals surface area contributed by atoms with E-state index in [1.54, 1.807) is 6.92 Å². The van der Waals surface area contributed by atoms with Gasteiger partial charge in [-0.05, 0) is 43.4 Å². The monoisotopic (exact) mass is 235 g/mol. The Morgan fingerprint density at radius 3 is 2.65 bits per heavy atom. The zero-order chi connectivity index (χ0) is 12.3. The van der Waals surface area contributed by atoms with Gasteiger partial charge in [0.05, 0.1) is 6.10 Å². The highest BCUT2D eigenvalue weighted by atomic mass is 16.3. The molecule has 0 saturated carbocycles. The molecule has 3 heteroatoms. The van der Waals surface area contributed by atoms with Crippen LogP contribution in [0.1, 0.15) is 31.4 Å². The van der Waals surface area contributed by atoms with Gasteiger partial charge in [-0.3, -0.25) is 0 Å². The molecule has 94 valence electrons. The number of aliphatic hydroxyl groups excluding tert-OH is 2. The van der Waals surface area contributed by atoms with E-state index < -0.39 is 6.10 Å². The highest BCUT2D eigenvalue weighted by Crippen LogP contribution is 2.24. The molecule has 1 heterocycles. The van der Waals surface area contributed by atoms with Gasteiger partial charge in [-0.1, -0.05) is 12.1 Å². The fraction of sp³-hybridized carbons (Fsp3) is 0.571. The molecule has 2 N–H and O–H groups in total. The molecule has 1 saturated heterocycles. The minimum Gasteiger partial charge on any atom is -0.396 e. The predicted octanol–water partition coefficient (Wildman–Crippen LogP) is 1.95. The summed E-state index contributed by atoms with van der Waals surface area (Å²) in [6.45, 7) is 4.05. The number of benzene rings is 1. The average molecular weight is 235 g/mol. The van der Waals surface area contributed by atoms with Crippen LogP contribution in [-0.4, -0.2) is 29.9 Å². The van der Waals surface area contributed by atoms with Crippen LogP contribution >= 0.6 is 0 Å². The Morgan fingerprint density at radius 1 is 1.35 bits per heavy atom. The number of piperidine rings is 1. The molecule has 0 amide bonds. The van der Waals surface area contributed by atoms with Crippen molar-refractivity contribution in [3.63, 3.8) is 0 Å². The molecule has 0 radical (unpaired) electrons. The summed E-state index contributed by atoms with van der Waals surface area (Å²) < 4.78 is 0. The standard InChI is InChI=1S/C14H21NO2/c1-11(17)13-4-6-14(7-5-13)15-8-2-3-12(9-15)10-16/h4-7,11-12,16-17H,2-3,8-10H2,1H3/t11-,12?/m0/s1. The lowest BCUT2D eigenvalue weighted by atomic mass is 9.98. The van der Waals surface area contributed by atoms with Gasteiger partial charge in [0.25, 0.3) is 0 Å². The number of hydrogen-bond donors (Lipinski definition) is 2. The van der Waals surface area contributed by atoms with Gasteiger partial charge in [0.2, 0.25) is 0 Å². The number of nitrogens with zero attached hydrogens (tertiary/aromatic N) is 1. The molecule has 2 rings (SSSR count). The quantitative estimate of drug-likeness (QED) is 0.841. The van der Waals surface area contributed by atoms with E-state index in [9.17, 15) is 10.2 Å². The van der Waals surface area contributed by atoms with Gasteiger partial charge >= 0.3 is 0 Å². The summed E-state index contributed by atoms with van der Waals surface area (Å²) in [5.41, 5.74) is 2.14. The largest absolute Gasteiger partial charge is 0.396 e. The SMILES string of the molecule is C[C@H](O)c1ccc(N2CCCC(CO)C2)cc1. The Labute approximate surface area is 103 Å². The zero-order valence-electron chi connectivity index (χ0n) is 10.3. The summed E-state index contributed by atoms with van der Waals surface area (Å²) in [4.78, 5) is 2.32. The predicted molar refractivity (Wildman–Crippen MR) is 69.1 cm³/mol. The van der Waals surface area contributed by atoms with Crippen molar-refractivity contribution in [1.29, 1.82) is 0 Å². The van der Waals surface area contributed by atoms with Crippen LogP contribution in [0.15, 0.2) is 24.3 Å². The van der Waals surface area contributed by atoms with Gasteiger partial charge in [-0.25, -0.2) is 0 Å². The van der Waals surface area contributed by atoms with Crippen molar-refractivity contribution in [1.82, 2.24) is 0 Å². The van der Waals surface area contributed by atoms with E-state index in [1.165, 1.54) is 5.69 Å². The van der Waals surface area contributed by atoms with E-state index in [0.29, 0.717) is 5.92 Å². The van der Waals surface area contributed by atoms with Crippen LogP contribution in [0.5, 0.6) is 0 Å². The zero-order valence-corrected chi connectivity index (χ0v) is 10.3. The molecule has 0 bridgehead atoms. The highest BCUT2D eigenvalue weighted by molar-refractivity contribution is 5.48. The smallest absolute Gasteiger partial charge is 0.0761 e. The van der Waals surface area contributed by atoms with E-state index in [0.717, 1.165) is 31.5 Å². The molecule has 1 aliphatic heterocycles. The number of rotatable bonds is 3. The van der Waals surface area contributed by atoms with Crippen molar-refractivity contribution in [2.45, 2.75) is 25.9 Å². The molecule has 1 unspecified atom stereocenters. The number of anilines is 1. The van der Waals surface area contributed by atoms with Gasteiger partial charge in [-0.15, -0.1) is 0 Å². The first-order chi connectivity index (χ1) is 8.20. The number of aliphatic hydroxyl groups is 2. The Balaban J connectivity index is 2.06. The van der Waals surface area contributed by atoms with E-state index in [-0.39, 0.29) is 6.61 Å². The van der Waals surface area contributed by atoms with E-state index in [4.69, 9.17) is 0 Å². The van der Waals surface area contributed by atoms with Gasteiger partial charge in [0.1, 0.15) is 0 Å². The highest BCUT2D eigenvalue weighted by Gasteiger charge is 2.19. The Bertz CT molecular complexity index is 348. The van der Waals surface area contributed by atoms with Crippen molar-refractivity contribution in [2.75, 3.05) is 24.6 Å². The van der Waals surface area contributed by atoms with E-state index >= 15 is 0 Å². The van der Waals surface area contributed by atoms with Crippen LogP contribution in [0.3, 0.4) is 0 Å². The van der Waals surface area contributed by atoms with Crippen molar-refractivity contribution in [3.05, 3.63) is 29.8 Å². The molecule has 0 spiro atoms. The fourth-order valence-electron chi connectivity index (χ4n) is 2.41. The van der Waals surface area contributed by atoms with Crippen LogP contribution in [0, 0.1) is 5.92 Å². The second-order valence-electron chi connectivity index (χ2n) is 4.90. The molecule has 2 atom stereocenters. The minimum atomic E-state index is -0.407. The van der Waals surface area contributed by atoms with Crippen LogP contribution < -0.4 is 4.90 Å². The van der Waals surface area contributed by atoms with Crippen LogP contribution in [0.4, 0.5) is 5.69 Å². The summed E-state index contributed by atoms with van der Waals surface area (Å²) >= 11 is 0. The molecule has 1 aromatic carbocycles. The maximum atomic E-state index is 9.46. The molecular formula is C14H21NO2. The molecule has 1 fully saturated rings. The lowest BCUT2D eigenvalue weighted by Crippen LogP contribution is -2.36. The van der Waals surface area contributed by atoms with E-state index in [1.807, 2.05) is 12.1 Å². The summed E-state index contributed by atoms with van der Waals surface area (Å²) in [6.07, 6.45) is 1.86. The Kier molecular flexibility index (Phi) is 4.02. The van der Waals surface area contributed by atoms with Gasteiger partial charge in [0, 0.05) is 25.4 Å². The maximum absolute atomic E-state index is 9.46. The topological polar surface area (TPSA) is 43.7 Å².